The lowest BCUT2D eigenvalue weighted by Crippen LogP contribution is -2.41. The van der Waals surface area contributed by atoms with Crippen molar-refractivity contribution >= 4 is 11.8 Å². The molecule has 0 spiro atoms. The molecule has 26 heavy (non-hydrogen) atoms. The van der Waals surface area contributed by atoms with E-state index in [1.165, 1.54) is 24.3 Å². The van der Waals surface area contributed by atoms with Crippen LogP contribution in [0.1, 0.15) is 20.7 Å². The van der Waals surface area contributed by atoms with Crippen molar-refractivity contribution in [3.8, 4) is 11.5 Å². The summed E-state index contributed by atoms with van der Waals surface area (Å²) in [7, 11) is 0. The van der Waals surface area contributed by atoms with Crippen LogP contribution in [0.4, 0.5) is 4.39 Å². The van der Waals surface area contributed by atoms with E-state index in [9.17, 15) is 14.0 Å². The summed E-state index contributed by atoms with van der Waals surface area (Å²) in [6, 6.07) is 20.7. The first-order valence-electron chi connectivity index (χ1n) is 7.81. The predicted octanol–water partition coefficient (Wildman–Crippen LogP) is 3.69. The summed E-state index contributed by atoms with van der Waals surface area (Å²) in [5.41, 5.74) is 5.15. The molecule has 5 nitrogen and oxygen atoms in total. The van der Waals surface area contributed by atoms with Crippen LogP contribution in [0.2, 0.25) is 0 Å². The van der Waals surface area contributed by atoms with Crippen molar-refractivity contribution in [3.63, 3.8) is 0 Å². The van der Waals surface area contributed by atoms with Crippen LogP contribution in [0.5, 0.6) is 11.5 Å². The van der Waals surface area contributed by atoms with Crippen LogP contribution < -0.4 is 15.6 Å². The van der Waals surface area contributed by atoms with Crippen molar-refractivity contribution in [2.45, 2.75) is 0 Å². The fraction of sp³-hybridized carbons (Fsp3) is 0. The highest BCUT2D eigenvalue weighted by Crippen LogP contribution is 2.21. The van der Waals surface area contributed by atoms with Crippen molar-refractivity contribution in [1.82, 2.24) is 10.9 Å². The molecule has 0 saturated carbocycles. The SMILES string of the molecule is O=C(NNC(=O)c1cccc(Oc2ccccc2)c1)c1ccc(F)cc1. The molecule has 0 radical (unpaired) electrons. The van der Waals surface area contributed by atoms with Crippen molar-refractivity contribution in [1.29, 1.82) is 0 Å². The number of hydrogen-bond donors (Lipinski definition) is 2. The number of nitrogens with one attached hydrogen (secondary N) is 2. The van der Waals surface area contributed by atoms with Gasteiger partial charge in [0.1, 0.15) is 17.3 Å². The third-order valence-electron chi connectivity index (χ3n) is 3.47. The van der Waals surface area contributed by atoms with Gasteiger partial charge < -0.3 is 4.74 Å². The summed E-state index contributed by atoms with van der Waals surface area (Å²) in [6.45, 7) is 0. The lowest BCUT2D eigenvalue weighted by molar-refractivity contribution is 0.0846. The van der Waals surface area contributed by atoms with Gasteiger partial charge in [0.05, 0.1) is 0 Å². The maximum atomic E-state index is 12.9. The Morgan fingerprint density at radius 2 is 1.31 bits per heavy atom. The van der Waals surface area contributed by atoms with Gasteiger partial charge in [0, 0.05) is 11.1 Å². The lowest BCUT2D eigenvalue weighted by Gasteiger charge is -2.09. The number of amides is 2. The molecule has 2 N–H and O–H groups in total. The molecule has 0 aliphatic carbocycles. The van der Waals surface area contributed by atoms with Crippen LogP contribution in [0, 0.1) is 5.82 Å². The van der Waals surface area contributed by atoms with Crippen LogP contribution >= 0.6 is 0 Å². The Bertz CT molecular complexity index is 912. The Balaban J connectivity index is 1.62. The van der Waals surface area contributed by atoms with E-state index in [0.29, 0.717) is 17.1 Å². The second-order valence-electron chi connectivity index (χ2n) is 5.36. The van der Waals surface area contributed by atoms with Crippen LogP contribution in [0.25, 0.3) is 0 Å². The van der Waals surface area contributed by atoms with Crippen molar-refractivity contribution in [2.75, 3.05) is 0 Å². The molecule has 3 rings (SSSR count). The Morgan fingerprint density at radius 3 is 2.00 bits per heavy atom. The number of carbonyl (C=O) groups excluding carboxylic acids is 2. The van der Waals surface area contributed by atoms with Crippen LogP contribution in [0.3, 0.4) is 0 Å². The maximum Gasteiger partial charge on any atom is 0.269 e. The minimum atomic E-state index is -0.546. The molecular formula is C20H15FN2O3. The molecule has 6 heteroatoms. The van der Waals surface area contributed by atoms with Crippen LogP contribution in [0.15, 0.2) is 78.9 Å². The monoisotopic (exact) mass is 350 g/mol. The third-order valence-corrected chi connectivity index (χ3v) is 3.47. The predicted molar refractivity (Wildman–Crippen MR) is 94.3 cm³/mol. The molecular weight excluding hydrogens is 335 g/mol. The number of hydrogen-bond acceptors (Lipinski definition) is 3. The highest BCUT2D eigenvalue weighted by atomic mass is 19.1. The average Bonchev–Trinajstić information content (AvgIpc) is 2.67. The molecule has 0 aromatic heterocycles. The van der Waals surface area contributed by atoms with Gasteiger partial charge in [0.2, 0.25) is 0 Å². The molecule has 130 valence electrons. The van der Waals surface area contributed by atoms with E-state index < -0.39 is 17.6 Å². The van der Waals surface area contributed by atoms with Gasteiger partial charge in [0.25, 0.3) is 11.8 Å². The van der Waals surface area contributed by atoms with E-state index >= 15 is 0 Å². The molecule has 0 fully saturated rings. The molecule has 0 aliphatic heterocycles. The van der Waals surface area contributed by atoms with Crippen LogP contribution in [-0.2, 0) is 0 Å². The lowest BCUT2D eigenvalue weighted by atomic mass is 10.2. The van der Waals surface area contributed by atoms with Gasteiger partial charge in [-0.2, -0.15) is 0 Å². The van der Waals surface area contributed by atoms with E-state index in [-0.39, 0.29) is 5.56 Å². The van der Waals surface area contributed by atoms with Crippen LogP contribution in [-0.4, -0.2) is 11.8 Å². The highest BCUT2D eigenvalue weighted by Gasteiger charge is 2.10. The summed E-state index contributed by atoms with van der Waals surface area (Å²) >= 11 is 0. The second kappa shape index (κ2) is 7.94. The van der Waals surface area contributed by atoms with Crippen molar-refractivity contribution in [2.24, 2.45) is 0 Å². The maximum absolute atomic E-state index is 12.9. The third kappa shape index (κ3) is 4.45. The summed E-state index contributed by atoms with van der Waals surface area (Å²) in [5.74, 6) is -0.349. The van der Waals surface area contributed by atoms with Crippen molar-refractivity contribution in [3.05, 3.63) is 95.8 Å². The van der Waals surface area contributed by atoms with Gasteiger partial charge in [0.15, 0.2) is 0 Å². The zero-order valence-corrected chi connectivity index (χ0v) is 13.6. The summed E-state index contributed by atoms with van der Waals surface area (Å²) < 4.78 is 18.5. The minimum absolute atomic E-state index is 0.230. The molecule has 0 atom stereocenters. The fourth-order valence-corrected chi connectivity index (χ4v) is 2.18. The first kappa shape index (κ1) is 17.2. The minimum Gasteiger partial charge on any atom is -0.457 e. The molecule has 0 heterocycles. The molecule has 0 bridgehead atoms. The first-order chi connectivity index (χ1) is 12.6. The number of para-hydroxylation sites is 1. The topological polar surface area (TPSA) is 67.4 Å². The average molecular weight is 350 g/mol. The van der Waals surface area contributed by atoms with E-state index in [4.69, 9.17) is 4.74 Å². The molecule has 0 unspecified atom stereocenters. The standard InChI is InChI=1S/C20H15FN2O3/c21-16-11-9-14(10-12-16)19(24)22-23-20(25)15-5-4-8-18(13-15)26-17-6-2-1-3-7-17/h1-13H,(H,22,24)(H,23,25). The smallest absolute Gasteiger partial charge is 0.269 e. The van der Waals surface area contributed by atoms with Gasteiger partial charge in [-0.3, -0.25) is 20.4 Å². The summed E-state index contributed by atoms with van der Waals surface area (Å²) in [5, 5.41) is 0. The van der Waals surface area contributed by atoms with Gasteiger partial charge in [-0.25, -0.2) is 4.39 Å². The number of benzene rings is 3. The van der Waals surface area contributed by atoms with Gasteiger partial charge >= 0.3 is 0 Å². The highest BCUT2D eigenvalue weighted by molar-refractivity contribution is 5.99. The number of carbonyl (C=O) groups is 2. The van der Waals surface area contributed by atoms with Gasteiger partial charge in [-0.15, -0.1) is 0 Å². The Morgan fingerprint density at radius 1 is 0.692 bits per heavy atom. The summed E-state index contributed by atoms with van der Waals surface area (Å²) in [4.78, 5) is 24.1. The molecule has 3 aromatic carbocycles. The van der Waals surface area contributed by atoms with Gasteiger partial charge in [-0.1, -0.05) is 24.3 Å². The Labute approximate surface area is 149 Å². The number of halogens is 1. The zero-order valence-electron chi connectivity index (χ0n) is 13.6. The number of rotatable bonds is 4. The van der Waals surface area contributed by atoms with E-state index in [1.54, 1.807) is 36.4 Å². The number of ether oxygens (including phenoxy) is 1. The molecule has 2 amide bonds. The Hall–Kier alpha value is -3.67. The second-order valence-corrected chi connectivity index (χ2v) is 5.36. The number of hydrazine groups is 1. The quantitative estimate of drug-likeness (QED) is 0.705. The van der Waals surface area contributed by atoms with Gasteiger partial charge in [-0.05, 0) is 54.6 Å². The molecule has 0 aliphatic rings. The first-order valence-corrected chi connectivity index (χ1v) is 7.81. The fourth-order valence-electron chi connectivity index (χ4n) is 2.18. The molecule has 3 aromatic rings. The van der Waals surface area contributed by atoms with E-state index in [2.05, 4.69) is 10.9 Å². The van der Waals surface area contributed by atoms with E-state index in [1.807, 2.05) is 18.2 Å². The largest absolute Gasteiger partial charge is 0.457 e. The normalized spacial score (nSPS) is 10.0. The Kier molecular flexibility index (Phi) is 5.24. The molecule has 0 saturated heterocycles. The van der Waals surface area contributed by atoms with E-state index in [0.717, 1.165) is 0 Å². The van der Waals surface area contributed by atoms with Crippen molar-refractivity contribution < 1.29 is 18.7 Å². The zero-order chi connectivity index (χ0) is 18.4. The summed E-state index contributed by atoms with van der Waals surface area (Å²) in [6.07, 6.45) is 0.